The number of hydrogen-bond acceptors (Lipinski definition) is 5. The summed E-state index contributed by atoms with van der Waals surface area (Å²) in [6.45, 7) is 2.99. The molecule has 0 aromatic heterocycles. The molecule has 0 saturated carbocycles. The molecule has 1 atom stereocenters. The Morgan fingerprint density at radius 3 is 2.95 bits per heavy atom. The van der Waals surface area contributed by atoms with E-state index in [1.165, 1.54) is 0 Å². The van der Waals surface area contributed by atoms with Crippen molar-refractivity contribution >= 4 is 5.97 Å². The first-order valence-electron chi connectivity index (χ1n) is 6.95. The third-order valence-corrected chi connectivity index (χ3v) is 3.16. The van der Waals surface area contributed by atoms with E-state index in [0.29, 0.717) is 32.1 Å². The molecule has 1 aromatic carbocycles. The quantitative estimate of drug-likeness (QED) is 0.809. The summed E-state index contributed by atoms with van der Waals surface area (Å²) in [7, 11) is 1.99. The summed E-state index contributed by atoms with van der Waals surface area (Å²) >= 11 is 0. The van der Waals surface area contributed by atoms with Crippen molar-refractivity contribution in [3.05, 3.63) is 29.8 Å². The van der Waals surface area contributed by atoms with Crippen molar-refractivity contribution < 1.29 is 24.1 Å². The van der Waals surface area contributed by atoms with E-state index in [1.54, 1.807) is 6.07 Å². The summed E-state index contributed by atoms with van der Waals surface area (Å²) in [5, 5.41) is 8.70. The number of rotatable bonds is 7. The fourth-order valence-corrected chi connectivity index (χ4v) is 2.26. The van der Waals surface area contributed by atoms with Crippen LogP contribution in [0.3, 0.4) is 0 Å². The van der Waals surface area contributed by atoms with Gasteiger partial charge in [0.05, 0.1) is 25.9 Å². The van der Waals surface area contributed by atoms with Gasteiger partial charge in [-0.25, -0.2) is 4.79 Å². The number of likely N-dealkylation sites (N-methyl/N-ethyl adjacent to an activating group) is 1. The lowest BCUT2D eigenvalue weighted by Crippen LogP contribution is -2.38. The Labute approximate surface area is 124 Å². The van der Waals surface area contributed by atoms with Crippen LogP contribution in [0.1, 0.15) is 5.56 Å². The van der Waals surface area contributed by atoms with Crippen LogP contribution in [-0.2, 0) is 20.8 Å². The topological polar surface area (TPSA) is 68.2 Å². The second kappa shape index (κ2) is 7.97. The van der Waals surface area contributed by atoms with Crippen LogP contribution in [0, 0.1) is 0 Å². The van der Waals surface area contributed by atoms with Gasteiger partial charge in [-0.05, 0) is 13.1 Å². The second-order valence-corrected chi connectivity index (χ2v) is 5.05. The van der Waals surface area contributed by atoms with Crippen molar-refractivity contribution in [2.45, 2.75) is 12.6 Å². The molecule has 1 saturated heterocycles. The highest BCUT2D eigenvalue weighted by atomic mass is 16.6. The second-order valence-electron chi connectivity index (χ2n) is 5.05. The van der Waals surface area contributed by atoms with Gasteiger partial charge in [-0.1, -0.05) is 18.2 Å². The lowest BCUT2D eigenvalue weighted by molar-refractivity contribution is -0.139. The molecule has 1 N–H and O–H groups in total. The molecule has 0 aliphatic carbocycles. The van der Waals surface area contributed by atoms with E-state index in [0.717, 1.165) is 12.1 Å². The summed E-state index contributed by atoms with van der Waals surface area (Å²) in [6.07, 6.45) is 0.0795. The van der Waals surface area contributed by atoms with Crippen molar-refractivity contribution in [2.75, 3.05) is 40.0 Å². The smallest absolute Gasteiger partial charge is 0.341 e. The average Bonchev–Trinajstić information content (AvgIpc) is 2.47. The molecule has 1 fully saturated rings. The summed E-state index contributed by atoms with van der Waals surface area (Å²) in [6, 6.07) is 7.47. The van der Waals surface area contributed by atoms with Crippen molar-refractivity contribution in [1.29, 1.82) is 0 Å². The third kappa shape index (κ3) is 5.34. The highest BCUT2D eigenvalue weighted by Gasteiger charge is 2.17. The zero-order valence-electron chi connectivity index (χ0n) is 12.2. The molecule has 6 heteroatoms. The highest BCUT2D eigenvalue weighted by Crippen LogP contribution is 2.19. The Hall–Kier alpha value is -1.63. The third-order valence-electron chi connectivity index (χ3n) is 3.16. The Bertz CT molecular complexity index is 459. The number of benzene rings is 1. The molecular weight excluding hydrogens is 274 g/mol. The molecule has 1 aliphatic heterocycles. The average molecular weight is 295 g/mol. The van der Waals surface area contributed by atoms with Gasteiger partial charge in [0.1, 0.15) is 5.75 Å². The van der Waals surface area contributed by atoms with Gasteiger partial charge in [-0.3, -0.25) is 4.90 Å². The molecule has 1 aromatic rings. The van der Waals surface area contributed by atoms with Gasteiger partial charge in [0, 0.05) is 18.7 Å². The number of carboxylic acids is 1. The number of nitrogens with zero attached hydrogens (tertiary/aromatic N) is 1. The first-order chi connectivity index (χ1) is 10.1. The predicted octanol–water partition coefficient (Wildman–Crippen LogP) is 0.997. The molecule has 0 spiro atoms. The van der Waals surface area contributed by atoms with Gasteiger partial charge < -0.3 is 19.3 Å². The predicted molar refractivity (Wildman–Crippen MR) is 76.5 cm³/mol. The molecular formula is C15H21NO5. The summed E-state index contributed by atoms with van der Waals surface area (Å²) in [4.78, 5) is 12.7. The van der Waals surface area contributed by atoms with Gasteiger partial charge in [0.25, 0.3) is 0 Å². The SMILES string of the molecule is CN(Cc1ccccc1OCC(=O)O)CC1COCCO1. The number of carbonyl (C=O) groups is 1. The van der Waals surface area contributed by atoms with Crippen molar-refractivity contribution in [1.82, 2.24) is 4.90 Å². The summed E-state index contributed by atoms with van der Waals surface area (Å²) < 4.78 is 16.3. The van der Waals surface area contributed by atoms with Crippen LogP contribution in [0.5, 0.6) is 5.75 Å². The molecule has 0 amide bonds. The van der Waals surface area contributed by atoms with Crippen molar-refractivity contribution in [3.63, 3.8) is 0 Å². The monoisotopic (exact) mass is 295 g/mol. The van der Waals surface area contributed by atoms with E-state index in [2.05, 4.69) is 4.90 Å². The number of ether oxygens (including phenoxy) is 3. The lowest BCUT2D eigenvalue weighted by atomic mass is 10.2. The van der Waals surface area contributed by atoms with E-state index < -0.39 is 5.97 Å². The first kappa shape index (κ1) is 15.8. The largest absolute Gasteiger partial charge is 0.482 e. The van der Waals surface area contributed by atoms with Gasteiger partial charge >= 0.3 is 5.97 Å². The van der Waals surface area contributed by atoms with E-state index >= 15 is 0 Å². The fraction of sp³-hybridized carbons (Fsp3) is 0.533. The lowest BCUT2D eigenvalue weighted by Gasteiger charge is -2.27. The van der Waals surface area contributed by atoms with E-state index in [4.69, 9.17) is 19.3 Å². The van der Waals surface area contributed by atoms with Gasteiger partial charge in [-0.2, -0.15) is 0 Å². The normalized spacial score (nSPS) is 18.7. The minimum Gasteiger partial charge on any atom is -0.482 e. The minimum atomic E-state index is -0.981. The summed E-state index contributed by atoms with van der Waals surface area (Å²) in [5.74, 6) is -0.376. The Balaban J connectivity index is 1.89. The van der Waals surface area contributed by atoms with Crippen LogP contribution in [0.4, 0.5) is 0 Å². The zero-order chi connectivity index (χ0) is 15.1. The molecule has 1 aliphatic rings. The van der Waals surface area contributed by atoms with Crippen LogP contribution in [0.15, 0.2) is 24.3 Å². The maximum Gasteiger partial charge on any atom is 0.341 e. The van der Waals surface area contributed by atoms with Crippen molar-refractivity contribution in [3.8, 4) is 5.75 Å². The standard InChI is InChI=1S/C15H21NO5/c1-16(9-13-10-19-6-7-20-13)8-12-4-2-3-5-14(12)21-11-15(17)18/h2-5,13H,6-11H2,1H3,(H,17,18). The van der Waals surface area contributed by atoms with Crippen LogP contribution >= 0.6 is 0 Å². The molecule has 1 heterocycles. The van der Waals surface area contributed by atoms with Gasteiger partial charge in [0.2, 0.25) is 0 Å². The number of aliphatic carboxylic acids is 1. The van der Waals surface area contributed by atoms with E-state index in [1.807, 2.05) is 25.2 Å². The van der Waals surface area contributed by atoms with E-state index in [-0.39, 0.29) is 12.7 Å². The molecule has 1 unspecified atom stereocenters. The van der Waals surface area contributed by atoms with Crippen LogP contribution < -0.4 is 4.74 Å². The first-order valence-corrected chi connectivity index (χ1v) is 6.95. The zero-order valence-corrected chi connectivity index (χ0v) is 12.2. The van der Waals surface area contributed by atoms with Crippen LogP contribution in [0.2, 0.25) is 0 Å². The maximum absolute atomic E-state index is 10.6. The van der Waals surface area contributed by atoms with Crippen molar-refractivity contribution in [2.24, 2.45) is 0 Å². The molecule has 0 bridgehead atoms. The van der Waals surface area contributed by atoms with Gasteiger partial charge in [-0.15, -0.1) is 0 Å². The minimum absolute atomic E-state index is 0.0795. The number of carboxylic acid groups (broad SMARTS) is 1. The molecule has 21 heavy (non-hydrogen) atoms. The molecule has 0 radical (unpaired) electrons. The molecule has 116 valence electrons. The van der Waals surface area contributed by atoms with E-state index in [9.17, 15) is 4.79 Å². The molecule has 2 rings (SSSR count). The molecule has 6 nitrogen and oxygen atoms in total. The summed E-state index contributed by atoms with van der Waals surface area (Å²) in [5.41, 5.74) is 0.956. The Morgan fingerprint density at radius 1 is 1.43 bits per heavy atom. The number of para-hydroxylation sites is 1. The van der Waals surface area contributed by atoms with Crippen LogP contribution in [-0.4, -0.2) is 62.1 Å². The Kier molecular flexibility index (Phi) is 5.98. The highest BCUT2D eigenvalue weighted by molar-refractivity contribution is 5.68. The van der Waals surface area contributed by atoms with Gasteiger partial charge in [0.15, 0.2) is 6.61 Å². The van der Waals surface area contributed by atoms with Crippen LogP contribution in [0.25, 0.3) is 0 Å². The Morgan fingerprint density at radius 2 is 2.24 bits per heavy atom. The fourth-order valence-electron chi connectivity index (χ4n) is 2.26. The maximum atomic E-state index is 10.6. The number of hydrogen-bond donors (Lipinski definition) is 1.